The number of nitrogens with zero attached hydrogens (tertiary/aromatic N) is 1. The maximum atomic E-state index is 13.4. The molecule has 0 bridgehead atoms. The predicted molar refractivity (Wildman–Crippen MR) is 60.3 cm³/mol. The van der Waals surface area contributed by atoms with Crippen molar-refractivity contribution >= 4 is 33.2 Å². The van der Waals surface area contributed by atoms with Gasteiger partial charge in [0.25, 0.3) is 0 Å². The molecular formula is C10H9FN2O2S. The third kappa shape index (κ3) is 1.51. The number of pyridine rings is 1. The van der Waals surface area contributed by atoms with E-state index >= 15 is 0 Å². The summed E-state index contributed by atoms with van der Waals surface area (Å²) >= 11 is 0.968. The molecule has 84 valence electrons. The Kier molecular flexibility index (Phi) is 2.51. The van der Waals surface area contributed by atoms with Gasteiger partial charge < -0.3 is 10.8 Å². The third-order valence-corrected chi connectivity index (χ3v) is 3.38. The molecule has 4 nitrogen and oxygen atoms in total. The monoisotopic (exact) mass is 240 g/mol. The molecule has 0 aliphatic heterocycles. The molecule has 3 N–H and O–H groups in total. The normalized spacial score (nSPS) is 10.9. The van der Waals surface area contributed by atoms with Gasteiger partial charge in [0.1, 0.15) is 15.5 Å². The SMILES string of the molecule is CCc1nc2sc(C(=O)O)c(N)c2cc1F. The fourth-order valence-corrected chi connectivity index (χ4v) is 2.39. The minimum Gasteiger partial charge on any atom is -0.477 e. The predicted octanol–water partition coefficient (Wildman–Crippen LogP) is 2.28. The highest BCUT2D eigenvalue weighted by Gasteiger charge is 2.18. The Bertz CT molecular complexity index is 580. The molecule has 6 heteroatoms. The van der Waals surface area contributed by atoms with Crippen LogP contribution in [0.3, 0.4) is 0 Å². The molecule has 16 heavy (non-hydrogen) atoms. The summed E-state index contributed by atoms with van der Waals surface area (Å²) in [5.41, 5.74) is 6.03. The molecule has 2 rings (SSSR count). The fourth-order valence-electron chi connectivity index (χ4n) is 1.46. The first-order valence-corrected chi connectivity index (χ1v) is 5.47. The van der Waals surface area contributed by atoms with E-state index in [1.807, 2.05) is 0 Å². The van der Waals surface area contributed by atoms with Crippen molar-refractivity contribution in [1.82, 2.24) is 4.98 Å². The van der Waals surface area contributed by atoms with E-state index in [1.165, 1.54) is 6.07 Å². The molecule has 0 saturated heterocycles. The summed E-state index contributed by atoms with van der Waals surface area (Å²) < 4.78 is 13.4. The highest BCUT2D eigenvalue weighted by Crippen LogP contribution is 2.33. The summed E-state index contributed by atoms with van der Waals surface area (Å²) in [7, 11) is 0. The van der Waals surface area contributed by atoms with Crippen molar-refractivity contribution in [3.05, 3.63) is 22.5 Å². The van der Waals surface area contributed by atoms with Gasteiger partial charge in [0, 0.05) is 5.39 Å². The van der Waals surface area contributed by atoms with E-state index in [-0.39, 0.29) is 10.6 Å². The van der Waals surface area contributed by atoms with Crippen LogP contribution in [0, 0.1) is 5.82 Å². The maximum absolute atomic E-state index is 13.4. The van der Waals surface area contributed by atoms with Crippen LogP contribution in [0.1, 0.15) is 22.3 Å². The van der Waals surface area contributed by atoms with Gasteiger partial charge in [0.15, 0.2) is 0 Å². The topological polar surface area (TPSA) is 76.2 Å². The Morgan fingerprint density at radius 3 is 2.94 bits per heavy atom. The van der Waals surface area contributed by atoms with Crippen LogP contribution in [0.15, 0.2) is 6.07 Å². The van der Waals surface area contributed by atoms with Crippen LogP contribution < -0.4 is 5.73 Å². The first-order chi connectivity index (χ1) is 7.54. The van der Waals surface area contributed by atoms with Crippen molar-refractivity contribution in [2.24, 2.45) is 0 Å². The lowest BCUT2D eigenvalue weighted by Gasteiger charge is -1.98. The quantitative estimate of drug-likeness (QED) is 0.844. The van der Waals surface area contributed by atoms with Gasteiger partial charge in [0.2, 0.25) is 0 Å². The zero-order chi connectivity index (χ0) is 11.9. The molecule has 0 spiro atoms. The molecule has 0 aliphatic carbocycles. The van der Waals surface area contributed by atoms with Crippen molar-refractivity contribution in [2.75, 3.05) is 5.73 Å². The van der Waals surface area contributed by atoms with Gasteiger partial charge in [0.05, 0.1) is 11.4 Å². The molecule has 0 saturated carbocycles. The lowest BCUT2D eigenvalue weighted by Crippen LogP contribution is -1.97. The average molecular weight is 240 g/mol. The fraction of sp³-hybridized carbons (Fsp3) is 0.200. The van der Waals surface area contributed by atoms with Gasteiger partial charge in [-0.1, -0.05) is 6.92 Å². The van der Waals surface area contributed by atoms with Crippen molar-refractivity contribution in [2.45, 2.75) is 13.3 Å². The standard InChI is InChI=1S/C10H9FN2O2S/c1-2-6-5(11)3-4-7(12)8(10(14)15)16-9(4)13-6/h3H,2,12H2,1H3,(H,14,15). The number of aromatic nitrogens is 1. The summed E-state index contributed by atoms with van der Waals surface area (Å²) in [6.45, 7) is 1.78. The minimum atomic E-state index is -1.11. The summed E-state index contributed by atoms with van der Waals surface area (Å²) in [5.74, 6) is -1.56. The van der Waals surface area contributed by atoms with Crippen LogP contribution in [-0.4, -0.2) is 16.1 Å². The lowest BCUT2D eigenvalue weighted by molar-refractivity contribution is 0.0703. The average Bonchev–Trinajstić information content (AvgIpc) is 2.55. The van der Waals surface area contributed by atoms with Crippen molar-refractivity contribution in [1.29, 1.82) is 0 Å². The number of anilines is 1. The molecule has 2 heterocycles. The number of rotatable bonds is 2. The maximum Gasteiger partial charge on any atom is 0.348 e. The van der Waals surface area contributed by atoms with Crippen LogP contribution >= 0.6 is 11.3 Å². The Hall–Kier alpha value is -1.69. The summed E-state index contributed by atoms with van der Waals surface area (Å²) in [6.07, 6.45) is 0.460. The lowest BCUT2D eigenvalue weighted by atomic mass is 10.2. The second kappa shape index (κ2) is 3.71. The van der Waals surface area contributed by atoms with Gasteiger partial charge in [-0.05, 0) is 12.5 Å². The van der Waals surface area contributed by atoms with Crippen molar-refractivity contribution in [3.63, 3.8) is 0 Å². The Morgan fingerprint density at radius 2 is 2.38 bits per heavy atom. The highest BCUT2D eigenvalue weighted by atomic mass is 32.1. The highest BCUT2D eigenvalue weighted by molar-refractivity contribution is 7.21. The molecule has 0 aromatic carbocycles. The Morgan fingerprint density at radius 1 is 1.69 bits per heavy atom. The van der Waals surface area contributed by atoms with E-state index in [1.54, 1.807) is 6.92 Å². The Labute approximate surface area is 94.5 Å². The van der Waals surface area contributed by atoms with Crippen molar-refractivity contribution < 1.29 is 14.3 Å². The van der Waals surface area contributed by atoms with E-state index in [0.717, 1.165) is 11.3 Å². The smallest absolute Gasteiger partial charge is 0.348 e. The summed E-state index contributed by atoms with van der Waals surface area (Å²) in [4.78, 5) is 15.4. The van der Waals surface area contributed by atoms with E-state index < -0.39 is 11.8 Å². The molecule has 0 atom stereocenters. The number of hydrogen-bond donors (Lipinski definition) is 2. The summed E-state index contributed by atoms with van der Waals surface area (Å²) in [5, 5.41) is 9.24. The van der Waals surface area contributed by atoms with Crippen LogP contribution in [0.2, 0.25) is 0 Å². The van der Waals surface area contributed by atoms with Crippen LogP contribution in [0.4, 0.5) is 10.1 Å². The number of hydrogen-bond acceptors (Lipinski definition) is 4. The van der Waals surface area contributed by atoms with Crippen LogP contribution in [0.5, 0.6) is 0 Å². The molecule has 0 aliphatic rings. The molecule has 0 fully saturated rings. The minimum absolute atomic E-state index is 0.00940. The van der Waals surface area contributed by atoms with Crippen molar-refractivity contribution in [3.8, 4) is 0 Å². The number of carbonyl (C=O) groups is 1. The zero-order valence-electron chi connectivity index (χ0n) is 8.45. The molecule has 0 amide bonds. The second-order valence-electron chi connectivity index (χ2n) is 3.27. The van der Waals surface area contributed by atoms with Gasteiger partial charge in [-0.15, -0.1) is 11.3 Å². The van der Waals surface area contributed by atoms with Gasteiger partial charge in [-0.25, -0.2) is 14.2 Å². The first kappa shape index (κ1) is 10.8. The number of carboxylic acid groups (broad SMARTS) is 1. The molecule has 0 unspecified atom stereocenters. The molecule has 2 aromatic rings. The number of nitrogens with two attached hydrogens (primary N) is 1. The number of aromatic carboxylic acids is 1. The Balaban J connectivity index is 2.77. The zero-order valence-corrected chi connectivity index (χ0v) is 9.27. The largest absolute Gasteiger partial charge is 0.477 e. The number of thiophene rings is 1. The molecule has 0 radical (unpaired) electrons. The number of nitrogen functional groups attached to an aromatic ring is 1. The third-order valence-electron chi connectivity index (χ3n) is 2.28. The number of fused-ring (bicyclic) bond motifs is 1. The van der Waals surface area contributed by atoms with Gasteiger partial charge in [-0.2, -0.15) is 0 Å². The van der Waals surface area contributed by atoms with E-state index in [2.05, 4.69) is 4.98 Å². The summed E-state index contributed by atoms with van der Waals surface area (Å²) in [6, 6.07) is 1.25. The van der Waals surface area contributed by atoms with Gasteiger partial charge in [-0.3, -0.25) is 0 Å². The van der Waals surface area contributed by atoms with E-state index in [4.69, 9.17) is 10.8 Å². The number of carboxylic acids is 1. The van der Waals surface area contributed by atoms with E-state index in [9.17, 15) is 9.18 Å². The van der Waals surface area contributed by atoms with Crippen LogP contribution in [0.25, 0.3) is 10.2 Å². The molecular weight excluding hydrogens is 231 g/mol. The van der Waals surface area contributed by atoms with Crippen LogP contribution in [-0.2, 0) is 6.42 Å². The second-order valence-corrected chi connectivity index (χ2v) is 4.27. The van der Waals surface area contributed by atoms with Gasteiger partial charge >= 0.3 is 5.97 Å². The number of aryl methyl sites for hydroxylation is 1. The molecule has 2 aromatic heterocycles. The first-order valence-electron chi connectivity index (χ1n) is 4.65. The van der Waals surface area contributed by atoms with E-state index in [0.29, 0.717) is 22.3 Å². The number of halogens is 1.